The van der Waals surface area contributed by atoms with Crippen molar-refractivity contribution in [3.05, 3.63) is 0 Å². The molecule has 15 heavy (non-hydrogen) atoms. The molecule has 88 valence electrons. The van der Waals surface area contributed by atoms with E-state index in [-0.39, 0.29) is 5.91 Å². The van der Waals surface area contributed by atoms with E-state index in [4.69, 9.17) is 5.73 Å². The maximum Gasteiger partial charge on any atom is 0.221 e. The van der Waals surface area contributed by atoms with E-state index in [1.54, 1.807) is 0 Å². The first kappa shape index (κ1) is 12.5. The molecule has 0 spiro atoms. The van der Waals surface area contributed by atoms with Crippen LogP contribution in [0.3, 0.4) is 0 Å². The second kappa shape index (κ2) is 6.08. The van der Waals surface area contributed by atoms with Gasteiger partial charge in [0.25, 0.3) is 0 Å². The molecule has 0 aromatic carbocycles. The zero-order chi connectivity index (χ0) is 11.3. The van der Waals surface area contributed by atoms with Crippen molar-refractivity contribution >= 4 is 5.91 Å². The third kappa shape index (κ3) is 3.80. The number of rotatable bonds is 4. The number of carbonyl (C=O) groups is 1. The fourth-order valence-corrected chi connectivity index (χ4v) is 2.08. The molecular weight excluding hydrogens is 190 g/mol. The van der Waals surface area contributed by atoms with Crippen molar-refractivity contribution in [2.45, 2.75) is 32.7 Å². The topological polar surface area (TPSA) is 58.4 Å². The number of amides is 1. The van der Waals surface area contributed by atoms with Crippen molar-refractivity contribution in [2.75, 3.05) is 26.2 Å². The number of hydrogen-bond donors (Lipinski definition) is 2. The average molecular weight is 213 g/mol. The fraction of sp³-hybridized carbons (Fsp3) is 0.909. The minimum absolute atomic E-state index is 0.177. The Morgan fingerprint density at radius 2 is 2.33 bits per heavy atom. The molecule has 0 saturated carbocycles. The maximum atomic E-state index is 11.3. The van der Waals surface area contributed by atoms with E-state index in [1.807, 2.05) is 0 Å². The first-order valence-electron chi connectivity index (χ1n) is 5.86. The van der Waals surface area contributed by atoms with Gasteiger partial charge in [-0.1, -0.05) is 13.8 Å². The summed E-state index contributed by atoms with van der Waals surface area (Å²) in [6, 6.07) is 0.461. The summed E-state index contributed by atoms with van der Waals surface area (Å²) < 4.78 is 0. The molecule has 4 heteroatoms. The van der Waals surface area contributed by atoms with Crippen LogP contribution < -0.4 is 11.1 Å². The molecule has 0 aromatic rings. The van der Waals surface area contributed by atoms with Gasteiger partial charge < -0.3 is 11.1 Å². The summed E-state index contributed by atoms with van der Waals surface area (Å²) >= 11 is 0. The summed E-state index contributed by atoms with van der Waals surface area (Å²) in [6.07, 6.45) is 1.63. The molecule has 1 aliphatic rings. The van der Waals surface area contributed by atoms with Crippen molar-refractivity contribution in [1.82, 2.24) is 10.2 Å². The van der Waals surface area contributed by atoms with Gasteiger partial charge in [0.2, 0.25) is 5.91 Å². The molecule has 1 unspecified atom stereocenters. The molecule has 1 saturated heterocycles. The Morgan fingerprint density at radius 1 is 1.60 bits per heavy atom. The van der Waals surface area contributed by atoms with E-state index < -0.39 is 0 Å². The quantitative estimate of drug-likeness (QED) is 0.700. The Hall–Kier alpha value is -0.610. The molecule has 1 amide bonds. The highest BCUT2D eigenvalue weighted by atomic mass is 16.1. The molecule has 1 atom stereocenters. The number of carbonyl (C=O) groups excluding carboxylic acids is 1. The van der Waals surface area contributed by atoms with Crippen LogP contribution in [0.1, 0.15) is 26.7 Å². The normalized spacial score (nSPS) is 24.0. The summed E-state index contributed by atoms with van der Waals surface area (Å²) in [5.41, 5.74) is 5.52. The molecule has 0 aromatic heterocycles. The zero-order valence-electron chi connectivity index (χ0n) is 9.83. The Bertz CT molecular complexity index is 206. The van der Waals surface area contributed by atoms with E-state index in [9.17, 15) is 4.79 Å². The van der Waals surface area contributed by atoms with E-state index in [1.165, 1.54) is 0 Å². The molecule has 1 rings (SSSR count). The van der Waals surface area contributed by atoms with Crippen molar-refractivity contribution in [3.63, 3.8) is 0 Å². The number of hydrogen-bond acceptors (Lipinski definition) is 3. The number of nitrogens with zero attached hydrogens (tertiary/aromatic N) is 1. The lowest BCUT2D eigenvalue weighted by molar-refractivity contribution is -0.120. The third-order valence-electron chi connectivity index (χ3n) is 3.02. The Balaban J connectivity index is 2.56. The average Bonchev–Trinajstić information content (AvgIpc) is 2.37. The van der Waals surface area contributed by atoms with Crippen LogP contribution in [0.5, 0.6) is 0 Å². The van der Waals surface area contributed by atoms with Gasteiger partial charge in [0.15, 0.2) is 0 Å². The van der Waals surface area contributed by atoms with Crippen LogP contribution in [-0.4, -0.2) is 43.0 Å². The summed E-state index contributed by atoms with van der Waals surface area (Å²) in [4.78, 5) is 13.7. The number of nitrogens with two attached hydrogens (primary N) is 1. The first-order valence-corrected chi connectivity index (χ1v) is 5.86. The predicted octanol–water partition coefficient (Wildman–Crippen LogP) is 0.182. The molecule has 1 fully saturated rings. The van der Waals surface area contributed by atoms with Gasteiger partial charge in [0.05, 0.1) is 0 Å². The van der Waals surface area contributed by atoms with Crippen LogP contribution in [0.15, 0.2) is 0 Å². The van der Waals surface area contributed by atoms with Crippen molar-refractivity contribution in [3.8, 4) is 0 Å². The Kier molecular flexibility index (Phi) is 5.05. The summed E-state index contributed by atoms with van der Waals surface area (Å²) in [5, 5.41) is 2.97. The van der Waals surface area contributed by atoms with Gasteiger partial charge in [0.1, 0.15) is 0 Å². The van der Waals surface area contributed by atoms with Gasteiger partial charge in [-0.2, -0.15) is 0 Å². The standard InChI is InChI=1S/C11H23N3O/c1-9(2)10-8-13-11(15)4-7-14(10)6-3-5-12/h9-10H,3-8,12H2,1-2H3,(H,13,15). The molecule has 0 bridgehead atoms. The maximum absolute atomic E-state index is 11.3. The second-order valence-electron chi connectivity index (χ2n) is 4.54. The zero-order valence-corrected chi connectivity index (χ0v) is 9.83. The van der Waals surface area contributed by atoms with E-state index in [0.717, 1.165) is 32.6 Å². The largest absolute Gasteiger partial charge is 0.354 e. The SMILES string of the molecule is CC(C)C1CNC(=O)CCN1CCCN. The molecule has 0 aliphatic carbocycles. The highest BCUT2D eigenvalue weighted by Gasteiger charge is 2.25. The molecule has 1 heterocycles. The first-order chi connectivity index (χ1) is 7.15. The van der Waals surface area contributed by atoms with Gasteiger partial charge in [-0.25, -0.2) is 0 Å². The highest BCUT2D eigenvalue weighted by Crippen LogP contribution is 2.13. The van der Waals surface area contributed by atoms with Gasteiger partial charge in [-0.15, -0.1) is 0 Å². The van der Waals surface area contributed by atoms with Gasteiger partial charge in [-0.3, -0.25) is 9.69 Å². The molecule has 4 nitrogen and oxygen atoms in total. The molecule has 0 radical (unpaired) electrons. The molecular formula is C11H23N3O. The van der Waals surface area contributed by atoms with E-state index in [2.05, 4.69) is 24.1 Å². The number of nitrogens with one attached hydrogen (secondary N) is 1. The van der Waals surface area contributed by atoms with Crippen LogP contribution in [-0.2, 0) is 4.79 Å². The van der Waals surface area contributed by atoms with Gasteiger partial charge in [0, 0.05) is 25.6 Å². The second-order valence-corrected chi connectivity index (χ2v) is 4.54. The summed E-state index contributed by atoms with van der Waals surface area (Å²) in [7, 11) is 0. The van der Waals surface area contributed by atoms with E-state index >= 15 is 0 Å². The minimum Gasteiger partial charge on any atom is -0.354 e. The van der Waals surface area contributed by atoms with Crippen LogP contribution in [0.4, 0.5) is 0 Å². The van der Waals surface area contributed by atoms with Crippen molar-refractivity contribution in [1.29, 1.82) is 0 Å². The van der Waals surface area contributed by atoms with Gasteiger partial charge >= 0.3 is 0 Å². The molecule has 1 aliphatic heterocycles. The summed E-state index contributed by atoms with van der Waals surface area (Å²) in [6.45, 7) is 7.79. The smallest absolute Gasteiger partial charge is 0.221 e. The monoisotopic (exact) mass is 213 g/mol. The third-order valence-corrected chi connectivity index (χ3v) is 3.02. The molecule has 3 N–H and O–H groups in total. The van der Waals surface area contributed by atoms with Gasteiger partial charge in [-0.05, 0) is 25.4 Å². The van der Waals surface area contributed by atoms with E-state index in [0.29, 0.717) is 18.4 Å². The highest BCUT2D eigenvalue weighted by molar-refractivity contribution is 5.76. The van der Waals surface area contributed by atoms with Crippen LogP contribution in [0, 0.1) is 5.92 Å². The van der Waals surface area contributed by atoms with Crippen LogP contribution in [0.25, 0.3) is 0 Å². The minimum atomic E-state index is 0.177. The van der Waals surface area contributed by atoms with Crippen molar-refractivity contribution < 1.29 is 4.79 Å². The predicted molar refractivity (Wildman–Crippen MR) is 61.5 cm³/mol. The fourth-order valence-electron chi connectivity index (χ4n) is 2.08. The Morgan fingerprint density at radius 3 is 2.93 bits per heavy atom. The lowest BCUT2D eigenvalue weighted by Crippen LogP contribution is -2.44. The lowest BCUT2D eigenvalue weighted by atomic mass is 10.0. The summed E-state index contributed by atoms with van der Waals surface area (Å²) in [5.74, 6) is 0.747. The van der Waals surface area contributed by atoms with Crippen LogP contribution in [0.2, 0.25) is 0 Å². The van der Waals surface area contributed by atoms with Crippen LogP contribution >= 0.6 is 0 Å². The van der Waals surface area contributed by atoms with Crippen molar-refractivity contribution in [2.24, 2.45) is 11.7 Å². The lowest BCUT2D eigenvalue weighted by Gasteiger charge is -2.32. The Labute approximate surface area is 92.2 Å².